The number of nitro groups is 1. The summed E-state index contributed by atoms with van der Waals surface area (Å²) in [5.41, 5.74) is 0.232. The number of ether oxygens (including phenoxy) is 1. The van der Waals surface area contributed by atoms with Crippen molar-refractivity contribution in [1.29, 1.82) is 0 Å². The normalized spacial score (nSPS) is 14.5. The molecular weight excluding hydrogens is 454 g/mol. The molecule has 33 heavy (non-hydrogen) atoms. The largest absolute Gasteiger partial charge is 0.379 e. The summed E-state index contributed by atoms with van der Waals surface area (Å²) >= 11 is 1.01. The molecule has 1 aliphatic rings. The van der Waals surface area contributed by atoms with Crippen molar-refractivity contribution in [3.8, 4) is 0 Å². The Balaban J connectivity index is 1.67. The van der Waals surface area contributed by atoms with Crippen molar-refractivity contribution in [1.82, 2.24) is 9.88 Å². The van der Waals surface area contributed by atoms with Crippen LogP contribution in [0.5, 0.6) is 0 Å². The number of halogens is 2. The summed E-state index contributed by atoms with van der Waals surface area (Å²) in [6, 6.07) is 6.24. The van der Waals surface area contributed by atoms with Gasteiger partial charge in [0.1, 0.15) is 11.3 Å². The molecule has 0 saturated carbocycles. The molecule has 0 aliphatic carbocycles. The molecule has 0 radical (unpaired) electrons. The lowest BCUT2D eigenvalue weighted by Crippen LogP contribution is -2.39. The van der Waals surface area contributed by atoms with Crippen molar-refractivity contribution in [2.45, 2.75) is 13.3 Å². The van der Waals surface area contributed by atoms with Crippen LogP contribution in [0.25, 0.3) is 10.2 Å². The van der Waals surface area contributed by atoms with E-state index in [0.29, 0.717) is 19.6 Å². The molecule has 1 fully saturated rings. The number of carbonyl (C=O) groups is 1. The lowest BCUT2D eigenvalue weighted by atomic mass is 10.1. The van der Waals surface area contributed by atoms with Crippen LogP contribution in [0.1, 0.15) is 22.3 Å². The highest BCUT2D eigenvalue weighted by Gasteiger charge is 2.26. The second-order valence-electron chi connectivity index (χ2n) is 7.70. The van der Waals surface area contributed by atoms with E-state index in [-0.39, 0.29) is 38.7 Å². The van der Waals surface area contributed by atoms with E-state index in [1.807, 2.05) is 0 Å². The van der Waals surface area contributed by atoms with Gasteiger partial charge in [-0.1, -0.05) is 17.4 Å². The van der Waals surface area contributed by atoms with Crippen molar-refractivity contribution >= 4 is 38.3 Å². The highest BCUT2D eigenvalue weighted by Crippen LogP contribution is 2.33. The number of aromatic nitrogens is 1. The van der Waals surface area contributed by atoms with Crippen molar-refractivity contribution in [3.05, 3.63) is 63.2 Å². The fourth-order valence-electron chi connectivity index (χ4n) is 3.82. The molecule has 0 unspecified atom stereocenters. The van der Waals surface area contributed by atoms with Crippen LogP contribution in [0.15, 0.2) is 30.3 Å². The number of nitro benzene ring substituents is 1. The molecule has 1 amide bonds. The fourth-order valence-corrected chi connectivity index (χ4v) is 4.85. The molecule has 8 nitrogen and oxygen atoms in total. The van der Waals surface area contributed by atoms with E-state index < -0.39 is 22.5 Å². The highest BCUT2D eigenvalue weighted by molar-refractivity contribution is 7.22. The summed E-state index contributed by atoms with van der Waals surface area (Å²) < 4.78 is 33.6. The number of anilines is 1. The maximum Gasteiger partial charge on any atom is 0.273 e. The van der Waals surface area contributed by atoms with Crippen LogP contribution < -0.4 is 4.90 Å². The molecule has 1 saturated heterocycles. The summed E-state index contributed by atoms with van der Waals surface area (Å²) in [5.74, 6) is -2.01. The summed E-state index contributed by atoms with van der Waals surface area (Å²) in [6.45, 7) is 5.39. The molecule has 0 spiro atoms. The average Bonchev–Trinajstić information content (AvgIpc) is 3.21. The number of hydrogen-bond acceptors (Lipinski definition) is 7. The zero-order chi connectivity index (χ0) is 23.5. The van der Waals surface area contributed by atoms with Crippen molar-refractivity contribution in [3.63, 3.8) is 0 Å². The van der Waals surface area contributed by atoms with Gasteiger partial charge in [-0.3, -0.25) is 24.7 Å². The SMILES string of the molecule is Cc1c(C(=O)N(CCCN2CCOCC2)c2nc3c(F)cc(F)cc3s2)cccc1[N+](=O)[O-]. The van der Waals surface area contributed by atoms with Crippen molar-refractivity contribution < 1.29 is 23.2 Å². The minimum Gasteiger partial charge on any atom is -0.379 e. The predicted octanol–water partition coefficient (Wildman–Crippen LogP) is 4.16. The Morgan fingerprint density at radius 3 is 2.79 bits per heavy atom. The molecule has 3 aromatic rings. The number of fused-ring (bicyclic) bond motifs is 1. The van der Waals surface area contributed by atoms with Gasteiger partial charge < -0.3 is 4.74 Å². The number of rotatable bonds is 7. The second-order valence-corrected chi connectivity index (χ2v) is 8.71. The number of hydrogen-bond donors (Lipinski definition) is 0. The Labute approximate surface area is 192 Å². The first-order chi connectivity index (χ1) is 15.8. The molecule has 174 valence electrons. The Hall–Kier alpha value is -3.02. The summed E-state index contributed by atoms with van der Waals surface area (Å²) in [7, 11) is 0. The number of amides is 1. The molecule has 0 bridgehead atoms. The Bertz CT molecular complexity index is 1200. The van der Waals surface area contributed by atoms with Crippen LogP contribution in [-0.4, -0.2) is 60.1 Å². The standard InChI is InChI=1S/C22H22F2N4O4S/c1-14-16(4-2-5-18(14)28(30)31)21(29)27(7-3-6-26-8-10-32-11-9-26)22-25-20-17(24)12-15(23)13-19(20)33-22/h2,4-5,12-13H,3,6-11H2,1H3. The van der Waals surface area contributed by atoms with Crippen LogP contribution in [0.4, 0.5) is 19.6 Å². The lowest BCUT2D eigenvalue weighted by Gasteiger charge is -2.28. The zero-order valence-electron chi connectivity index (χ0n) is 17.9. The summed E-state index contributed by atoms with van der Waals surface area (Å²) in [5, 5.41) is 11.6. The van der Waals surface area contributed by atoms with E-state index in [2.05, 4.69) is 9.88 Å². The number of morpholine rings is 1. The van der Waals surface area contributed by atoms with Gasteiger partial charge in [-0.05, 0) is 25.5 Å². The van der Waals surface area contributed by atoms with E-state index in [9.17, 15) is 23.7 Å². The van der Waals surface area contributed by atoms with Gasteiger partial charge in [0.15, 0.2) is 10.9 Å². The van der Waals surface area contributed by atoms with Gasteiger partial charge in [0.25, 0.3) is 11.6 Å². The zero-order valence-corrected chi connectivity index (χ0v) is 18.7. The van der Waals surface area contributed by atoms with E-state index >= 15 is 0 Å². The number of nitrogens with zero attached hydrogens (tertiary/aromatic N) is 4. The smallest absolute Gasteiger partial charge is 0.273 e. The highest BCUT2D eigenvalue weighted by atomic mass is 32.1. The molecular formula is C22H22F2N4O4S. The van der Waals surface area contributed by atoms with Gasteiger partial charge in [0, 0.05) is 49.4 Å². The average molecular weight is 477 g/mol. The monoisotopic (exact) mass is 476 g/mol. The maximum absolute atomic E-state index is 14.3. The summed E-state index contributed by atoms with van der Waals surface area (Å²) in [4.78, 5) is 32.2. The number of thiazole rings is 1. The van der Waals surface area contributed by atoms with E-state index in [4.69, 9.17) is 4.74 Å². The van der Waals surface area contributed by atoms with E-state index in [1.165, 1.54) is 36.1 Å². The molecule has 1 aliphatic heterocycles. The van der Waals surface area contributed by atoms with Gasteiger partial charge >= 0.3 is 0 Å². The van der Waals surface area contributed by atoms with Crippen LogP contribution in [0.2, 0.25) is 0 Å². The first-order valence-electron chi connectivity index (χ1n) is 10.5. The lowest BCUT2D eigenvalue weighted by molar-refractivity contribution is -0.385. The quantitative estimate of drug-likeness (QED) is 0.376. The predicted molar refractivity (Wildman–Crippen MR) is 121 cm³/mol. The van der Waals surface area contributed by atoms with Crippen LogP contribution in [0, 0.1) is 28.7 Å². The third-order valence-corrected chi connectivity index (χ3v) is 6.60. The van der Waals surface area contributed by atoms with E-state index in [0.717, 1.165) is 37.0 Å². The minimum absolute atomic E-state index is 0.0156. The van der Waals surface area contributed by atoms with Gasteiger partial charge in [-0.25, -0.2) is 13.8 Å². The van der Waals surface area contributed by atoms with E-state index in [1.54, 1.807) is 0 Å². The van der Waals surface area contributed by atoms with Crippen LogP contribution >= 0.6 is 11.3 Å². The molecule has 2 aromatic carbocycles. The topological polar surface area (TPSA) is 88.8 Å². The number of benzene rings is 2. The van der Waals surface area contributed by atoms with Gasteiger partial charge in [0.2, 0.25) is 0 Å². The second kappa shape index (κ2) is 9.86. The molecule has 11 heteroatoms. The Morgan fingerprint density at radius 1 is 1.30 bits per heavy atom. The molecule has 2 heterocycles. The van der Waals surface area contributed by atoms with Crippen molar-refractivity contribution in [2.24, 2.45) is 0 Å². The first kappa shape index (κ1) is 23.1. The number of carbonyl (C=O) groups excluding carboxylic acids is 1. The van der Waals surface area contributed by atoms with Crippen LogP contribution in [-0.2, 0) is 4.74 Å². The Morgan fingerprint density at radius 2 is 2.06 bits per heavy atom. The third-order valence-electron chi connectivity index (χ3n) is 5.57. The van der Waals surface area contributed by atoms with Crippen LogP contribution in [0.3, 0.4) is 0 Å². The molecule has 4 rings (SSSR count). The van der Waals surface area contributed by atoms with Crippen molar-refractivity contribution in [2.75, 3.05) is 44.3 Å². The summed E-state index contributed by atoms with van der Waals surface area (Å²) in [6.07, 6.45) is 0.604. The van der Waals surface area contributed by atoms with Gasteiger partial charge in [0.05, 0.1) is 22.8 Å². The molecule has 1 aromatic heterocycles. The maximum atomic E-state index is 14.3. The molecule has 0 N–H and O–H groups in total. The van der Waals surface area contributed by atoms with Gasteiger partial charge in [-0.15, -0.1) is 0 Å². The fraction of sp³-hybridized carbons (Fsp3) is 0.364. The third kappa shape index (κ3) is 5.00. The Kier molecular flexibility index (Phi) is 6.91. The van der Waals surface area contributed by atoms with Gasteiger partial charge in [-0.2, -0.15) is 0 Å². The first-order valence-corrected chi connectivity index (χ1v) is 11.3. The minimum atomic E-state index is -0.806. The molecule has 0 atom stereocenters.